The van der Waals surface area contributed by atoms with Crippen molar-refractivity contribution in [3.8, 4) is 11.3 Å². The molecule has 4 aromatic rings. The van der Waals surface area contributed by atoms with Crippen LogP contribution in [-0.4, -0.2) is 26.1 Å². The number of imidazole rings is 1. The zero-order chi connectivity index (χ0) is 18.4. The normalized spacial score (nSPS) is 11.4. The smallest absolute Gasteiger partial charge is 0.156 e. The number of rotatable bonds is 4. The maximum atomic E-state index is 14.0. The third kappa shape index (κ3) is 2.37. The van der Waals surface area contributed by atoms with Crippen LogP contribution >= 0.6 is 0 Å². The van der Waals surface area contributed by atoms with E-state index in [1.165, 1.54) is 6.07 Å². The first-order chi connectivity index (χ1) is 12.5. The van der Waals surface area contributed by atoms with E-state index in [1.807, 2.05) is 37.7 Å². The molecule has 3 aromatic heterocycles. The molecule has 0 unspecified atom stereocenters. The van der Waals surface area contributed by atoms with E-state index in [0.717, 1.165) is 44.7 Å². The highest BCUT2D eigenvalue weighted by atomic mass is 19.1. The molecule has 1 aromatic carbocycles. The van der Waals surface area contributed by atoms with Gasteiger partial charge >= 0.3 is 0 Å². The third-order valence-corrected chi connectivity index (χ3v) is 4.59. The molecule has 3 heterocycles. The van der Waals surface area contributed by atoms with Crippen molar-refractivity contribution in [2.75, 3.05) is 12.4 Å². The summed E-state index contributed by atoms with van der Waals surface area (Å²) in [4.78, 5) is 9.25. The van der Waals surface area contributed by atoms with E-state index in [9.17, 15) is 4.39 Å². The van der Waals surface area contributed by atoms with Crippen LogP contribution in [0.25, 0.3) is 33.3 Å². The van der Waals surface area contributed by atoms with E-state index >= 15 is 0 Å². The maximum Gasteiger partial charge on any atom is 0.156 e. The highest BCUT2D eigenvalue weighted by molar-refractivity contribution is 6.07. The van der Waals surface area contributed by atoms with Crippen molar-refractivity contribution in [3.05, 3.63) is 54.6 Å². The first-order valence-electron chi connectivity index (χ1n) is 8.44. The molecule has 0 spiro atoms. The molecule has 26 heavy (non-hydrogen) atoms. The quantitative estimate of drug-likeness (QED) is 0.560. The molecule has 0 radical (unpaired) electrons. The molecule has 0 bridgehead atoms. The lowest BCUT2D eigenvalue weighted by atomic mass is 10.1. The zero-order valence-electron chi connectivity index (χ0n) is 15.0. The van der Waals surface area contributed by atoms with Gasteiger partial charge in [0.2, 0.25) is 0 Å². The number of fused-ring (bicyclic) bond motifs is 3. The number of hydrogen-bond acceptors (Lipinski definition) is 3. The Kier molecular flexibility index (Phi) is 3.76. The van der Waals surface area contributed by atoms with Gasteiger partial charge in [0, 0.05) is 31.6 Å². The number of pyridine rings is 1. The van der Waals surface area contributed by atoms with Crippen molar-refractivity contribution in [2.24, 2.45) is 7.05 Å². The number of anilines is 1. The molecule has 4 rings (SSSR count). The van der Waals surface area contributed by atoms with E-state index in [2.05, 4.69) is 27.5 Å². The molecule has 1 N–H and O–H groups in total. The van der Waals surface area contributed by atoms with Crippen molar-refractivity contribution < 1.29 is 4.39 Å². The number of benzene rings is 1. The molecule has 6 heteroatoms. The molecule has 0 fully saturated rings. The Morgan fingerprint density at radius 3 is 2.77 bits per heavy atom. The summed E-state index contributed by atoms with van der Waals surface area (Å²) in [5.41, 5.74) is 5.25. The van der Waals surface area contributed by atoms with Crippen LogP contribution < -0.4 is 5.32 Å². The second-order valence-electron chi connectivity index (χ2n) is 6.45. The van der Waals surface area contributed by atoms with Crippen LogP contribution in [0.1, 0.15) is 5.56 Å². The Morgan fingerprint density at radius 1 is 1.27 bits per heavy atom. The number of halogens is 1. The Balaban J connectivity index is 2.14. The summed E-state index contributed by atoms with van der Waals surface area (Å²) in [5, 5.41) is 4.11. The average Bonchev–Trinajstić information content (AvgIpc) is 3.15. The van der Waals surface area contributed by atoms with Crippen molar-refractivity contribution in [1.82, 2.24) is 19.1 Å². The number of hydrogen-bond donors (Lipinski definition) is 1. The Labute approximate surface area is 150 Å². The van der Waals surface area contributed by atoms with Gasteiger partial charge in [-0.05, 0) is 36.8 Å². The van der Waals surface area contributed by atoms with Crippen molar-refractivity contribution in [3.63, 3.8) is 0 Å². The van der Waals surface area contributed by atoms with Crippen LogP contribution in [0.3, 0.4) is 0 Å². The molecule has 0 amide bonds. The summed E-state index contributed by atoms with van der Waals surface area (Å²) in [6, 6.07) is 7.13. The summed E-state index contributed by atoms with van der Waals surface area (Å²) in [7, 11) is 3.80. The molecule has 0 saturated carbocycles. The summed E-state index contributed by atoms with van der Waals surface area (Å²) in [5.74, 6) is 0.475. The highest BCUT2D eigenvalue weighted by Crippen LogP contribution is 2.34. The minimum Gasteiger partial charge on any atom is -0.371 e. The van der Waals surface area contributed by atoms with E-state index in [-0.39, 0.29) is 5.82 Å². The Morgan fingerprint density at radius 2 is 2.08 bits per heavy atom. The summed E-state index contributed by atoms with van der Waals surface area (Å²) in [6.07, 6.45) is 3.60. The van der Waals surface area contributed by atoms with Crippen LogP contribution in [0.2, 0.25) is 0 Å². The van der Waals surface area contributed by atoms with Gasteiger partial charge in [-0.25, -0.2) is 14.4 Å². The number of allylic oxidation sites excluding steroid dienone is 1. The van der Waals surface area contributed by atoms with Gasteiger partial charge in [0.05, 0.1) is 17.5 Å². The fourth-order valence-corrected chi connectivity index (χ4v) is 3.53. The van der Waals surface area contributed by atoms with Crippen molar-refractivity contribution in [2.45, 2.75) is 13.5 Å². The fraction of sp³-hybridized carbons (Fsp3) is 0.200. The summed E-state index contributed by atoms with van der Waals surface area (Å²) in [6.45, 7) is 6.34. The minimum atomic E-state index is -0.245. The molecule has 0 aliphatic rings. The van der Waals surface area contributed by atoms with Gasteiger partial charge in [0.1, 0.15) is 17.0 Å². The highest BCUT2D eigenvalue weighted by Gasteiger charge is 2.19. The monoisotopic (exact) mass is 349 g/mol. The van der Waals surface area contributed by atoms with Crippen LogP contribution in [0.15, 0.2) is 43.2 Å². The number of aryl methyl sites for hydroxylation is 2. The predicted octanol–water partition coefficient (Wildman–Crippen LogP) is 4.27. The Hall–Kier alpha value is -3.15. The molecule has 132 valence electrons. The van der Waals surface area contributed by atoms with Gasteiger partial charge in [0.25, 0.3) is 0 Å². The minimum absolute atomic E-state index is 0.245. The molecule has 0 atom stereocenters. The lowest BCUT2D eigenvalue weighted by molar-refractivity contribution is 0.627. The first kappa shape index (κ1) is 16.3. The predicted molar refractivity (Wildman–Crippen MR) is 104 cm³/mol. The van der Waals surface area contributed by atoms with Gasteiger partial charge in [-0.2, -0.15) is 0 Å². The van der Waals surface area contributed by atoms with Crippen LogP contribution in [0.4, 0.5) is 10.2 Å². The van der Waals surface area contributed by atoms with E-state index in [0.29, 0.717) is 6.54 Å². The molecule has 0 aliphatic heterocycles. The summed E-state index contributed by atoms with van der Waals surface area (Å²) >= 11 is 0. The lowest BCUT2D eigenvalue weighted by Crippen LogP contribution is -2.02. The molecular formula is C20H20FN5. The molecule has 0 saturated heterocycles. The SMILES string of the molecule is C=CCn1c(-c2cc(C)cc(F)c2)cc2c3c(ncn3C)c(NC)nc21. The first-order valence-corrected chi connectivity index (χ1v) is 8.44. The number of nitrogens with zero attached hydrogens (tertiary/aromatic N) is 4. The van der Waals surface area contributed by atoms with E-state index in [4.69, 9.17) is 4.98 Å². The molecule has 5 nitrogen and oxygen atoms in total. The van der Waals surface area contributed by atoms with Gasteiger partial charge < -0.3 is 14.5 Å². The molecule has 0 aliphatic carbocycles. The van der Waals surface area contributed by atoms with Gasteiger partial charge in [0.15, 0.2) is 5.82 Å². The average molecular weight is 349 g/mol. The van der Waals surface area contributed by atoms with E-state index in [1.54, 1.807) is 12.4 Å². The fourth-order valence-electron chi connectivity index (χ4n) is 3.53. The standard InChI is InChI=1S/C20H20FN5/c1-5-6-26-16(13-7-12(2)8-14(21)9-13)10-15-18-17(23-11-25(18)4)19(22-3)24-20(15)26/h5,7-11H,1,6H2,2-4H3,(H,22,24). The second-order valence-corrected chi connectivity index (χ2v) is 6.45. The van der Waals surface area contributed by atoms with Crippen molar-refractivity contribution in [1.29, 1.82) is 0 Å². The third-order valence-electron chi connectivity index (χ3n) is 4.59. The second kappa shape index (κ2) is 5.98. The van der Waals surface area contributed by atoms with E-state index < -0.39 is 0 Å². The van der Waals surface area contributed by atoms with Gasteiger partial charge in [-0.15, -0.1) is 6.58 Å². The van der Waals surface area contributed by atoms with Gasteiger partial charge in [-0.3, -0.25) is 0 Å². The largest absolute Gasteiger partial charge is 0.371 e. The Bertz CT molecular complexity index is 1130. The molecular weight excluding hydrogens is 329 g/mol. The number of aromatic nitrogens is 4. The lowest BCUT2D eigenvalue weighted by Gasteiger charge is -2.10. The topological polar surface area (TPSA) is 47.7 Å². The van der Waals surface area contributed by atoms with Gasteiger partial charge in [-0.1, -0.05) is 6.08 Å². The maximum absolute atomic E-state index is 14.0. The van der Waals surface area contributed by atoms with Crippen molar-refractivity contribution >= 4 is 27.9 Å². The van der Waals surface area contributed by atoms with Crippen LogP contribution in [-0.2, 0) is 13.6 Å². The summed E-state index contributed by atoms with van der Waals surface area (Å²) < 4.78 is 18.0. The van der Waals surface area contributed by atoms with Crippen LogP contribution in [0, 0.1) is 12.7 Å². The number of nitrogens with one attached hydrogen (secondary N) is 1. The zero-order valence-corrected chi connectivity index (χ0v) is 15.0. The van der Waals surface area contributed by atoms with Crippen LogP contribution in [0.5, 0.6) is 0 Å².